The number of carbonyl (C=O) groups excluding carboxylic acids is 3. The third-order valence-electron chi connectivity index (χ3n) is 7.35. The molecule has 1 amide bonds. The number of primary amides is 1. The number of fused-ring (bicyclic) bond motifs is 3. The van der Waals surface area contributed by atoms with Gasteiger partial charge < -0.3 is 30.9 Å². The van der Waals surface area contributed by atoms with E-state index in [4.69, 9.17) is 10.5 Å². The van der Waals surface area contributed by atoms with Gasteiger partial charge in [0.2, 0.25) is 5.78 Å². The molecule has 0 heterocycles. The van der Waals surface area contributed by atoms with Gasteiger partial charge in [0.25, 0.3) is 5.91 Å². The number of Topliss-reactive ketones (excluding diaryl/α,β-unsaturated/α-hetero) is 2. The highest BCUT2D eigenvalue weighted by Gasteiger charge is 2.60. The van der Waals surface area contributed by atoms with Crippen LogP contribution in [-0.2, 0) is 20.8 Å². The summed E-state index contributed by atoms with van der Waals surface area (Å²) in [6.07, 6.45) is -0.0296. The molecule has 2 aromatic carbocycles. The van der Waals surface area contributed by atoms with Crippen LogP contribution in [-0.4, -0.2) is 50.6 Å². The average Bonchev–Trinajstić information content (AvgIpc) is 2.81. The molecule has 0 unspecified atom stereocenters. The van der Waals surface area contributed by atoms with Crippen LogP contribution in [0.15, 0.2) is 53.3 Å². The molecule has 2 aromatic rings. The van der Waals surface area contributed by atoms with Crippen LogP contribution < -0.4 is 10.5 Å². The number of methoxy groups -OCH3 is 1. The van der Waals surface area contributed by atoms with Crippen molar-refractivity contribution in [1.29, 1.82) is 0 Å². The average molecular weight is 477 g/mol. The molecule has 5 rings (SSSR count). The normalized spacial score (nSPS) is 25.7. The highest BCUT2D eigenvalue weighted by Crippen LogP contribution is 2.53. The lowest BCUT2D eigenvalue weighted by Crippen LogP contribution is -2.58. The van der Waals surface area contributed by atoms with Crippen molar-refractivity contribution in [1.82, 2.24) is 0 Å². The van der Waals surface area contributed by atoms with Crippen molar-refractivity contribution in [2.75, 3.05) is 7.11 Å². The van der Waals surface area contributed by atoms with Gasteiger partial charge in [0.05, 0.1) is 12.7 Å². The monoisotopic (exact) mass is 477 g/mol. The van der Waals surface area contributed by atoms with Crippen molar-refractivity contribution in [3.63, 3.8) is 0 Å². The zero-order valence-electron chi connectivity index (χ0n) is 18.7. The van der Waals surface area contributed by atoms with Crippen molar-refractivity contribution < 1.29 is 39.5 Å². The second-order valence-corrected chi connectivity index (χ2v) is 9.12. The van der Waals surface area contributed by atoms with Gasteiger partial charge in [-0.1, -0.05) is 18.2 Å². The predicted molar refractivity (Wildman–Crippen MR) is 123 cm³/mol. The summed E-state index contributed by atoms with van der Waals surface area (Å²) in [5.41, 5.74) is 3.87. The van der Waals surface area contributed by atoms with Gasteiger partial charge in [-0.2, -0.15) is 0 Å². The zero-order valence-corrected chi connectivity index (χ0v) is 18.7. The number of ether oxygens (including phenoxy) is 1. The van der Waals surface area contributed by atoms with Crippen molar-refractivity contribution >= 4 is 23.2 Å². The Balaban J connectivity index is 1.68. The number of aliphatic hydroxyl groups is 3. The van der Waals surface area contributed by atoms with E-state index in [2.05, 4.69) is 0 Å². The Morgan fingerprint density at radius 2 is 1.74 bits per heavy atom. The summed E-state index contributed by atoms with van der Waals surface area (Å²) in [4.78, 5) is 37.7. The third kappa shape index (κ3) is 3.08. The summed E-state index contributed by atoms with van der Waals surface area (Å²) in [6.45, 7) is 0. The maximum atomic E-state index is 13.5. The molecule has 0 radical (unpaired) electrons. The molecule has 0 saturated heterocycles. The molecular weight excluding hydrogens is 454 g/mol. The fraction of sp³-hybridized carbons (Fsp3) is 0.269. The molecule has 3 atom stereocenters. The van der Waals surface area contributed by atoms with Gasteiger partial charge >= 0.3 is 0 Å². The first kappa shape index (κ1) is 22.7. The van der Waals surface area contributed by atoms with Crippen LogP contribution >= 0.6 is 0 Å². The van der Waals surface area contributed by atoms with Crippen molar-refractivity contribution in [2.24, 2.45) is 17.6 Å². The number of nitrogens with two attached hydrogens (primary N) is 1. The van der Waals surface area contributed by atoms with E-state index in [1.807, 2.05) is 12.1 Å². The minimum Gasteiger partial charge on any atom is -0.508 e. The Morgan fingerprint density at radius 3 is 2.37 bits per heavy atom. The number of aromatic hydroxyl groups is 1. The van der Waals surface area contributed by atoms with E-state index in [1.54, 1.807) is 25.3 Å². The molecule has 180 valence electrons. The van der Waals surface area contributed by atoms with Crippen LogP contribution in [0.1, 0.15) is 24.0 Å². The van der Waals surface area contributed by atoms with Crippen LogP contribution in [0, 0.1) is 11.8 Å². The number of hydrogen-bond donors (Lipinski definition) is 5. The molecule has 0 aromatic heterocycles. The van der Waals surface area contributed by atoms with E-state index in [-0.39, 0.29) is 36.1 Å². The molecule has 0 spiro atoms. The maximum absolute atomic E-state index is 13.5. The van der Waals surface area contributed by atoms with Crippen molar-refractivity contribution in [3.05, 3.63) is 64.4 Å². The van der Waals surface area contributed by atoms with E-state index < -0.39 is 52.0 Å². The highest BCUT2D eigenvalue weighted by atomic mass is 16.5. The summed E-state index contributed by atoms with van der Waals surface area (Å²) in [6, 6.07) is 10.3. The molecule has 9 heteroatoms. The minimum absolute atomic E-state index is 0.0606. The Hall–Kier alpha value is -4.11. The molecule has 0 aliphatic heterocycles. The number of phenolic OH excluding ortho intramolecular Hbond substituents is 1. The first-order valence-electron chi connectivity index (χ1n) is 11.1. The van der Waals surface area contributed by atoms with Crippen LogP contribution in [0.25, 0.3) is 16.9 Å². The number of carbonyl (C=O) groups is 3. The molecule has 0 bridgehead atoms. The number of rotatable bonds is 3. The lowest BCUT2D eigenvalue weighted by atomic mass is 9.59. The van der Waals surface area contributed by atoms with E-state index in [0.717, 1.165) is 11.1 Å². The Bertz CT molecular complexity index is 1370. The Morgan fingerprint density at radius 1 is 1.06 bits per heavy atom. The second kappa shape index (κ2) is 7.71. The molecule has 3 aliphatic rings. The van der Waals surface area contributed by atoms with Gasteiger partial charge in [-0.05, 0) is 53.6 Å². The number of aliphatic hydroxyl groups excluding tert-OH is 2. The lowest BCUT2D eigenvalue weighted by molar-refractivity contribution is -0.147. The molecule has 35 heavy (non-hydrogen) atoms. The van der Waals surface area contributed by atoms with E-state index in [9.17, 15) is 34.8 Å². The first-order valence-corrected chi connectivity index (χ1v) is 11.1. The van der Waals surface area contributed by atoms with Gasteiger partial charge in [0, 0.05) is 17.9 Å². The zero-order chi connectivity index (χ0) is 25.2. The largest absolute Gasteiger partial charge is 0.508 e. The Labute approximate surface area is 199 Å². The fourth-order valence-electron chi connectivity index (χ4n) is 5.66. The number of hydrogen-bond acceptors (Lipinski definition) is 8. The summed E-state index contributed by atoms with van der Waals surface area (Å²) < 4.78 is 5.21. The molecule has 9 nitrogen and oxygen atoms in total. The summed E-state index contributed by atoms with van der Waals surface area (Å²) in [7, 11) is 1.55. The van der Waals surface area contributed by atoms with E-state index >= 15 is 0 Å². The van der Waals surface area contributed by atoms with Gasteiger partial charge in [-0.3, -0.25) is 14.4 Å². The summed E-state index contributed by atoms with van der Waals surface area (Å²) >= 11 is 0. The molecule has 1 fully saturated rings. The van der Waals surface area contributed by atoms with Gasteiger partial charge in [-0.15, -0.1) is 0 Å². The highest BCUT2D eigenvalue weighted by molar-refractivity contribution is 6.22. The number of phenols is 1. The molecule has 3 aliphatic carbocycles. The van der Waals surface area contributed by atoms with Gasteiger partial charge in [-0.25, -0.2) is 0 Å². The molecule has 6 N–H and O–H groups in total. The van der Waals surface area contributed by atoms with Crippen LogP contribution in [0.3, 0.4) is 0 Å². The van der Waals surface area contributed by atoms with Crippen LogP contribution in [0.5, 0.6) is 11.5 Å². The van der Waals surface area contributed by atoms with E-state index in [1.165, 1.54) is 6.07 Å². The SMILES string of the molecule is COc1ccc(-c2ccc(O)c3c2C[C@H]2C[C@H]4CC(=O)C(C(N)=O)=C(O)[C@@]4(O)C(=O)C2=C3O)cc1. The molecule has 1 saturated carbocycles. The van der Waals surface area contributed by atoms with Gasteiger partial charge in [0.15, 0.2) is 11.4 Å². The number of amides is 1. The standard InChI is InChI=1S/C26H23NO8/c1-35-14-4-2-11(3-5-14)15-6-7-17(28)20-16(15)9-12-8-13-10-18(29)21(25(27)33)24(32)26(13,34)23(31)19(12)22(20)30/h2-7,12-13,28,30,32,34H,8-10H2,1H3,(H2,27,33)/t12-,13+,26+/m1/s1. The van der Waals surface area contributed by atoms with Crippen LogP contribution in [0.4, 0.5) is 0 Å². The molecular formula is C26H23NO8. The third-order valence-corrected chi connectivity index (χ3v) is 7.35. The Kier molecular flexibility index (Phi) is 4.99. The summed E-state index contributed by atoms with van der Waals surface area (Å²) in [5.74, 6) is -5.79. The lowest BCUT2D eigenvalue weighted by Gasteiger charge is -2.46. The van der Waals surface area contributed by atoms with Crippen LogP contribution in [0.2, 0.25) is 0 Å². The van der Waals surface area contributed by atoms with Gasteiger partial charge in [0.1, 0.15) is 28.6 Å². The minimum atomic E-state index is -2.57. The number of benzene rings is 2. The second-order valence-electron chi connectivity index (χ2n) is 9.12. The quantitative estimate of drug-likeness (QED) is 0.419. The van der Waals surface area contributed by atoms with Crippen molar-refractivity contribution in [2.45, 2.75) is 24.9 Å². The number of ketones is 2. The maximum Gasteiger partial charge on any atom is 0.255 e. The topological polar surface area (TPSA) is 167 Å². The smallest absolute Gasteiger partial charge is 0.255 e. The summed E-state index contributed by atoms with van der Waals surface area (Å²) in [5, 5.41) is 43.7. The fourth-order valence-corrected chi connectivity index (χ4v) is 5.66. The predicted octanol–water partition coefficient (Wildman–Crippen LogP) is 2.10. The van der Waals surface area contributed by atoms with E-state index in [0.29, 0.717) is 11.3 Å². The first-order chi connectivity index (χ1) is 16.6. The van der Waals surface area contributed by atoms with Crippen molar-refractivity contribution in [3.8, 4) is 22.6 Å².